The number of nitrogens with zero attached hydrogens (tertiary/aromatic N) is 3. The van der Waals surface area contributed by atoms with Crippen molar-refractivity contribution in [1.29, 1.82) is 0 Å². The minimum Gasteiger partial charge on any atom is -0.479 e. The van der Waals surface area contributed by atoms with Gasteiger partial charge in [0.15, 0.2) is 26.8 Å². The molecule has 1 amide bonds. The maximum atomic E-state index is 12.7. The van der Waals surface area contributed by atoms with E-state index in [4.69, 9.17) is 14.6 Å². The van der Waals surface area contributed by atoms with Crippen molar-refractivity contribution in [2.45, 2.75) is 18.1 Å². The van der Waals surface area contributed by atoms with Crippen LogP contribution in [0.15, 0.2) is 53.8 Å². The van der Waals surface area contributed by atoms with Crippen molar-refractivity contribution >= 4 is 27.5 Å². The fourth-order valence-electron chi connectivity index (χ4n) is 2.54. The highest BCUT2D eigenvalue weighted by Crippen LogP contribution is 2.29. The number of aliphatic carboxylic acids is 1. The predicted molar refractivity (Wildman–Crippen MR) is 113 cm³/mol. The van der Waals surface area contributed by atoms with Gasteiger partial charge in [-0.2, -0.15) is 5.10 Å². The van der Waals surface area contributed by atoms with Crippen molar-refractivity contribution in [2.24, 2.45) is 7.05 Å². The normalized spacial score (nSPS) is 12.1. The van der Waals surface area contributed by atoms with Gasteiger partial charge in [0.2, 0.25) is 0 Å². The highest BCUT2D eigenvalue weighted by Gasteiger charge is 2.17. The highest BCUT2D eigenvalue weighted by molar-refractivity contribution is 7.90. The number of nitrogens with one attached hydrogen (secondary N) is 1. The van der Waals surface area contributed by atoms with Crippen LogP contribution in [0.25, 0.3) is 0 Å². The Balaban J connectivity index is 1.90. The number of amides is 1. The molecule has 1 aromatic carbocycles. The third-order valence-corrected chi connectivity index (χ3v) is 5.08. The Labute approximate surface area is 183 Å². The molecule has 2 N–H and O–H groups in total. The number of hydrogen-bond acceptors (Lipinski definition) is 8. The number of carbonyl (C=O) groups is 2. The maximum Gasteiger partial charge on any atom is 0.344 e. The van der Waals surface area contributed by atoms with Gasteiger partial charge in [-0.25, -0.2) is 18.2 Å². The Kier molecular flexibility index (Phi) is 6.44. The summed E-state index contributed by atoms with van der Waals surface area (Å²) in [7, 11) is -1.77. The van der Waals surface area contributed by atoms with E-state index >= 15 is 0 Å². The number of aromatic nitrogens is 3. The predicted octanol–water partition coefficient (Wildman–Crippen LogP) is 2.12. The second kappa shape index (κ2) is 9.06. The Morgan fingerprint density at radius 1 is 1.12 bits per heavy atom. The molecule has 2 aromatic heterocycles. The molecule has 11 nitrogen and oxygen atoms in total. The average molecular weight is 460 g/mol. The van der Waals surface area contributed by atoms with Gasteiger partial charge >= 0.3 is 5.97 Å². The molecular weight excluding hydrogens is 440 g/mol. The molecule has 32 heavy (non-hydrogen) atoms. The molecule has 0 fully saturated rings. The number of anilines is 1. The Bertz CT molecular complexity index is 1250. The SMILES string of the molecule is CC(Oc1cc(Oc2ccc(S(C)(=O)=O)nc2)cc(C(=O)Nc2ccn(C)n2)c1)C(=O)O. The van der Waals surface area contributed by atoms with Crippen LogP contribution in [-0.2, 0) is 21.7 Å². The smallest absolute Gasteiger partial charge is 0.344 e. The van der Waals surface area contributed by atoms with E-state index in [-0.39, 0.29) is 27.8 Å². The Hall–Kier alpha value is -3.93. The van der Waals surface area contributed by atoms with Crippen LogP contribution in [0.5, 0.6) is 17.2 Å². The number of carboxylic acid groups (broad SMARTS) is 1. The molecule has 0 saturated carbocycles. The molecule has 0 spiro atoms. The van der Waals surface area contributed by atoms with Crippen LogP contribution in [0.1, 0.15) is 17.3 Å². The van der Waals surface area contributed by atoms with Crippen LogP contribution < -0.4 is 14.8 Å². The molecule has 2 heterocycles. The summed E-state index contributed by atoms with van der Waals surface area (Å²) in [6.07, 6.45) is 2.74. The summed E-state index contributed by atoms with van der Waals surface area (Å²) in [4.78, 5) is 27.7. The highest BCUT2D eigenvalue weighted by atomic mass is 32.2. The van der Waals surface area contributed by atoms with Crippen molar-refractivity contribution in [2.75, 3.05) is 11.6 Å². The Morgan fingerprint density at radius 3 is 2.41 bits per heavy atom. The van der Waals surface area contributed by atoms with Crippen LogP contribution in [0.4, 0.5) is 5.82 Å². The zero-order valence-electron chi connectivity index (χ0n) is 17.3. The maximum absolute atomic E-state index is 12.7. The molecule has 1 unspecified atom stereocenters. The number of carbonyl (C=O) groups excluding carboxylic acids is 1. The summed E-state index contributed by atoms with van der Waals surface area (Å²) in [5, 5.41) is 15.7. The molecular formula is C20H20N4O7S. The van der Waals surface area contributed by atoms with E-state index < -0.39 is 27.8 Å². The number of hydrogen-bond donors (Lipinski definition) is 2. The molecule has 0 saturated heterocycles. The average Bonchev–Trinajstić information content (AvgIpc) is 3.12. The van der Waals surface area contributed by atoms with Crippen molar-refractivity contribution < 1.29 is 32.6 Å². The molecule has 0 aliphatic rings. The van der Waals surface area contributed by atoms with E-state index in [1.54, 1.807) is 19.3 Å². The van der Waals surface area contributed by atoms with Crippen LogP contribution in [0.3, 0.4) is 0 Å². The number of aryl methyl sites for hydroxylation is 1. The summed E-state index contributed by atoms with van der Waals surface area (Å²) < 4.78 is 35.7. The molecule has 1 atom stereocenters. The van der Waals surface area contributed by atoms with Gasteiger partial charge in [0.1, 0.15) is 17.2 Å². The van der Waals surface area contributed by atoms with Gasteiger partial charge in [0.25, 0.3) is 5.91 Å². The van der Waals surface area contributed by atoms with Gasteiger partial charge in [0, 0.05) is 37.2 Å². The minimum atomic E-state index is -3.47. The van der Waals surface area contributed by atoms with E-state index in [0.717, 1.165) is 6.26 Å². The van der Waals surface area contributed by atoms with Crippen LogP contribution in [-0.4, -0.2) is 52.5 Å². The van der Waals surface area contributed by atoms with Gasteiger partial charge in [-0.15, -0.1) is 0 Å². The lowest BCUT2D eigenvalue weighted by Gasteiger charge is -2.14. The van der Waals surface area contributed by atoms with Crippen LogP contribution >= 0.6 is 0 Å². The first-order valence-electron chi connectivity index (χ1n) is 9.21. The summed E-state index contributed by atoms with van der Waals surface area (Å²) in [5.41, 5.74) is 0.126. The van der Waals surface area contributed by atoms with Crippen LogP contribution in [0, 0.1) is 0 Å². The molecule has 0 aliphatic carbocycles. The number of carboxylic acids is 1. The molecule has 3 aromatic rings. The number of sulfone groups is 1. The van der Waals surface area contributed by atoms with Gasteiger partial charge < -0.3 is 19.9 Å². The van der Waals surface area contributed by atoms with Crippen molar-refractivity contribution in [1.82, 2.24) is 14.8 Å². The quantitative estimate of drug-likeness (QED) is 0.515. The molecule has 0 aliphatic heterocycles. The largest absolute Gasteiger partial charge is 0.479 e. The molecule has 0 radical (unpaired) electrons. The second-order valence-corrected chi connectivity index (χ2v) is 8.79. The third-order valence-electron chi connectivity index (χ3n) is 4.08. The lowest BCUT2D eigenvalue weighted by Crippen LogP contribution is -2.23. The first-order valence-corrected chi connectivity index (χ1v) is 11.1. The summed E-state index contributed by atoms with van der Waals surface area (Å²) in [5.74, 6) is -0.934. The number of rotatable bonds is 8. The third kappa shape index (κ3) is 5.82. The van der Waals surface area contributed by atoms with Gasteiger partial charge in [-0.05, 0) is 31.2 Å². The first-order chi connectivity index (χ1) is 15.0. The zero-order valence-corrected chi connectivity index (χ0v) is 18.2. The molecule has 12 heteroatoms. The molecule has 168 valence electrons. The first kappa shape index (κ1) is 22.7. The lowest BCUT2D eigenvalue weighted by molar-refractivity contribution is -0.144. The fourth-order valence-corrected chi connectivity index (χ4v) is 3.10. The minimum absolute atomic E-state index is 0.0873. The summed E-state index contributed by atoms with van der Waals surface area (Å²) >= 11 is 0. The van der Waals surface area contributed by atoms with Crippen molar-refractivity contribution in [3.05, 3.63) is 54.4 Å². The molecule has 0 bridgehead atoms. The van der Waals surface area contributed by atoms with Crippen molar-refractivity contribution in [3.63, 3.8) is 0 Å². The second-order valence-electron chi connectivity index (χ2n) is 6.83. The standard InChI is InChI=1S/C20H20N4O7S/c1-12(20(26)27)30-15-8-13(19(25)22-17-6-7-24(2)23-17)9-16(10-15)31-14-4-5-18(21-11-14)32(3,28)29/h4-12H,1-3H3,(H,26,27)(H,22,23,25). The number of pyridine rings is 1. The van der Waals surface area contributed by atoms with Crippen LogP contribution in [0.2, 0.25) is 0 Å². The van der Waals surface area contributed by atoms with E-state index in [0.29, 0.717) is 5.82 Å². The number of benzene rings is 1. The number of ether oxygens (including phenoxy) is 2. The monoisotopic (exact) mass is 460 g/mol. The van der Waals surface area contributed by atoms with E-state index in [2.05, 4.69) is 15.4 Å². The lowest BCUT2D eigenvalue weighted by atomic mass is 10.2. The Morgan fingerprint density at radius 2 is 1.84 bits per heavy atom. The van der Waals surface area contributed by atoms with E-state index in [9.17, 15) is 18.0 Å². The van der Waals surface area contributed by atoms with Crippen molar-refractivity contribution in [3.8, 4) is 17.2 Å². The summed E-state index contributed by atoms with van der Waals surface area (Å²) in [6.45, 7) is 1.34. The summed E-state index contributed by atoms with van der Waals surface area (Å²) in [6, 6.07) is 8.49. The van der Waals surface area contributed by atoms with E-state index in [1.165, 1.54) is 48.1 Å². The fraction of sp³-hybridized carbons (Fsp3) is 0.200. The molecule has 3 rings (SSSR count). The van der Waals surface area contributed by atoms with E-state index in [1.807, 2.05) is 0 Å². The topological polar surface area (TPSA) is 150 Å². The van der Waals surface area contributed by atoms with Gasteiger partial charge in [-0.1, -0.05) is 0 Å². The zero-order chi connectivity index (χ0) is 23.5. The van der Waals surface area contributed by atoms with Gasteiger partial charge in [-0.3, -0.25) is 9.48 Å². The van der Waals surface area contributed by atoms with Gasteiger partial charge in [0.05, 0.1) is 6.20 Å².